The minimum Gasteiger partial charge on any atom is -0.365 e. The Kier molecular flexibility index (Phi) is 6.21. The number of nitrogens with two attached hydrogens (primary N) is 1. The van der Waals surface area contributed by atoms with E-state index in [1.54, 1.807) is 19.1 Å². The summed E-state index contributed by atoms with van der Waals surface area (Å²) in [6.45, 7) is 1.78. The minimum absolute atomic E-state index is 0. The molecule has 3 N–H and O–H groups in total. The zero-order chi connectivity index (χ0) is 17.4. The number of carbonyl (C=O) groups excluding carboxylic acids is 1. The number of rotatable bonds is 4. The lowest BCUT2D eigenvalue weighted by Gasteiger charge is -2.19. The predicted octanol–water partition coefficient (Wildman–Crippen LogP) is 2.15. The van der Waals surface area contributed by atoms with E-state index in [1.807, 2.05) is 0 Å². The van der Waals surface area contributed by atoms with Crippen molar-refractivity contribution >= 4 is 39.8 Å². The molecule has 1 atom stereocenters. The van der Waals surface area contributed by atoms with E-state index >= 15 is 0 Å². The minimum atomic E-state index is -3.34. The lowest BCUT2D eigenvalue weighted by molar-refractivity contribution is 0.0997. The third-order valence-corrected chi connectivity index (χ3v) is 4.83. The van der Waals surface area contributed by atoms with Gasteiger partial charge in [-0.05, 0) is 30.7 Å². The second-order valence-corrected chi connectivity index (χ2v) is 7.66. The number of halogens is 2. The molecule has 24 heavy (non-hydrogen) atoms. The lowest BCUT2D eigenvalue weighted by Crippen LogP contribution is -2.31. The third-order valence-electron chi connectivity index (χ3n) is 3.51. The topological polar surface area (TPSA) is 106 Å². The maximum atomic E-state index is 11.7. The number of amides is 1. The van der Waals surface area contributed by atoms with E-state index in [9.17, 15) is 13.2 Å². The highest BCUT2D eigenvalue weighted by Crippen LogP contribution is 2.21. The monoisotopic (exact) mass is 389 g/mol. The maximum Gasteiger partial charge on any atom is 0.252 e. The van der Waals surface area contributed by atoms with Crippen LogP contribution in [0.1, 0.15) is 28.9 Å². The van der Waals surface area contributed by atoms with Gasteiger partial charge in [0.1, 0.15) is 5.49 Å². The molecule has 0 saturated heterocycles. The van der Waals surface area contributed by atoms with Gasteiger partial charge in [0.15, 0.2) is 9.84 Å². The van der Waals surface area contributed by atoms with Gasteiger partial charge in [0, 0.05) is 12.5 Å². The Bertz CT molecular complexity index is 939. The van der Waals surface area contributed by atoms with E-state index in [0.717, 1.165) is 6.26 Å². The van der Waals surface area contributed by atoms with Crippen molar-refractivity contribution < 1.29 is 13.2 Å². The molecule has 6 nitrogen and oxygen atoms in total. The fourth-order valence-electron chi connectivity index (χ4n) is 2.24. The first-order chi connectivity index (χ1) is 10.6. The van der Waals surface area contributed by atoms with Gasteiger partial charge in [-0.15, -0.1) is 12.4 Å². The number of nitrogens with zero attached hydrogens (tertiary/aromatic N) is 1. The number of hydrogen-bond acceptors (Lipinski definition) is 4. The summed E-state index contributed by atoms with van der Waals surface area (Å²) in [5.41, 5.74) is 5.85. The molecule has 0 bridgehead atoms. The number of nitrogens with one attached hydrogen (secondary N) is 1. The van der Waals surface area contributed by atoms with Crippen LogP contribution in [-0.4, -0.2) is 25.1 Å². The zero-order valence-corrected chi connectivity index (χ0v) is 15.4. The first-order valence-corrected chi connectivity index (χ1v) is 8.94. The van der Waals surface area contributed by atoms with E-state index < -0.39 is 21.8 Å². The molecule has 9 heteroatoms. The Morgan fingerprint density at radius 3 is 2.50 bits per heavy atom. The smallest absolute Gasteiger partial charge is 0.252 e. The fraction of sp³-hybridized carbons (Fsp3) is 0.200. The fourth-order valence-corrected chi connectivity index (χ4v) is 3.13. The first kappa shape index (κ1) is 20.2. The van der Waals surface area contributed by atoms with Crippen LogP contribution in [-0.2, 0) is 9.84 Å². The largest absolute Gasteiger partial charge is 0.365 e. The molecule has 0 saturated carbocycles. The number of aromatic nitrogens is 1. The van der Waals surface area contributed by atoms with Crippen LogP contribution in [0.5, 0.6) is 0 Å². The molecule has 0 radical (unpaired) electrons. The highest BCUT2D eigenvalue weighted by molar-refractivity contribution is 7.90. The maximum absolute atomic E-state index is 11.7. The van der Waals surface area contributed by atoms with Crippen LogP contribution in [0, 0.1) is 5.41 Å². The van der Waals surface area contributed by atoms with Crippen molar-refractivity contribution in [1.29, 1.82) is 5.41 Å². The summed E-state index contributed by atoms with van der Waals surface area (Å²) in [6.07, 6.45) is 2.64. The quantitative estimate of drug-likeness (QED) is 0.836. The summed E-state index contributed by atoms with van der Waals surface area (Å²) in [5.74, 6) is -0.747. The average Bonchev–Trinajstić information content (AvgIpc) is 2.47. The van der Waals surface area contributed by atoms with Crippen molar-refractivity contribution in [3.63, 3.8) is 0 Å². The molecule has 0 aliphatic heterocycles. The highest BCUT2D eigenvalue weighted by atomic mass is 35.5. The van der Waals surface area contributed by atoms with E-state index in [1.165, 1.54) is 29.0 Å². The summed E-state index contributed by atoms with van der Waals surface area (Å²) in [4.78, 5) is 11.6. The molecule has 0 aliphatic carbocycles. The second-order valence-electron chi connectivity index (χ2n) is 5.21. The van der Waals surface area contributed by atoms with Gasteiger partial charge in [-0.1, -0.05) is 23.7 Å². The van der Waals surface area contributed by atoms with Crippen LogP contribution in [0.3, 0.4) is 0 Å². The Morgan fingerprint density at radius 2 is 1.96 bits per heavy atom. The Morgan fingerprint density at radius 1 is 1.33 bits per heavy atom. The number of sulfone groups is 1. The Labute approximate surface area is 151 Å². The van der Waals surface area contributed by atoms with Crippen molar-refractivity contribution in [1.82, 2.24) is 4.57 Å². The molecule has 1 aromatic carbocycles. The van der Waals surface area contributed by atoms with Gasteiger partial charge in [-0.3, -0.25) is 10.2 Å². The third kappa shape index (κ3) is 4.17. The van der Waals surface area contributed by atoms with Crippen LogP contribution in [0.25, 0.3) is 0 Å². The van der Waals surface area contributed by atoms with Crippen molar-refractivity contribution in [2.75, 3.05) is 6.26 Å². The average molecular weight is 390 g/mol. The van der Waals surface area contributed by atoms with Crippen molar-refractivity contribution in [3.8, 4) is 0 Å². The molecule has 1 unspecified atom stereocenters. The molecule has 1 heterocycles. The van der Waals surface area contributed by atoms with Crippen LogP contribution >= 0.6 is 24.0 Å². The van der Waals surface area contributed by atoms with Crippen molar-refractivity contribution in [2.24, 2.45) is 5.73 Å². The second kappa shape index (κ2) is 7.38. The predicted molar refractivity (Wildman–Crippen MR) is 94.4 cm³/mol. The van der Waals surface area contributed by atoms with E-state index in [2.05, 4.69) is 0 Å². The van der Waals surface area contributed by atoms with Crippen LogP contribution in [0.15, 0.2) is 41.4 Å². The standard InChI is InChI=1S/C15H16ClN3O3S.ClH/c1-9(10-4-3-5-12(6-10)23(2,21)22)19-8-11(16)7-13(14(19)17)15(18)20;/h3-9,17H,1-2H3,(H2,18,20);1H. The Hall–Kier alpha value is -1.83. The van der Waals surface area contributed by atoms with Crippen molar-refractivity contribution in [2.45, 2.75) is 17.9 Å². The molecule has 0 aliphatic rings. The molecule has 0 spiro atoms. The molecular formula is C15H17Cl2N3O3S. The molecule has 2 aromatic rings. The van der Waals surface area contributed by atoms with Crippen LogP contribution in [0.2, 0.25) is 5.02 Å². The highest BCUT2D eigenvalue weighted by Gasteiger charge is 2.16. The number of carbonyl (C=O) groups is 1. The molecular weight excluding hydrogens is 373 g/mol. The van der Waals surface area contributed by atoms with E-state index in [-0.39, 0.29) is 33.4 Å². The van der Waals surface area contributed by atoms with Crippen LogP contribution < -0.4 is 11.2 Å². The number of primary amides is 1. The van der Waals surface area contributed by atoms with Crippen molar-refractivity contribution in [3.05, 3.63) is 58.2 Å². The van der Waals surface area contributed by atoms with Crippen LogP contribution in [0.4, 0.5) is 0 Å². The zero-order valence-electron chi connectivity index (χ0n) is 13.0. The molecule has 1 amide bonds. The SMILES string of the molecule is CC(c1cccc(S(C)(=O)=O)c1)n1cc(Cl)cc(C(N)=O)c1=N.Cl. The van der Waals surface area contributed by atoms with Gasteiger partial charge in [0.2, 0.25) is 0 Å². The van der Waals surface area contributed by atoms with Gasteiger partial charge in [0.05, 0.1) is 21.5 Å². The summed E-state index contributed by atoms with van der Waals surface area (Å²) in [7, 11) is -3.34. The molecule has 1 aromatic heterocycles. The normalized spacial score (nSPS) is 12.3. The lowest BCUT2D eigenvalue weighted by atomic mass is 10.1. The summed E-state index contributed by atoms with van der Waals surface area (Å²) < 4.78 is 24.8. The van der Waals surface area contributed by atoms with Gasteiger partial charge >= 0.3 is 0 Å². The van der Waals surface area contributed by atoms with Gasteiger partial charge in [0.25, 0.3) is 5.91 Å². The van der Waals surface area contributed by atoms with E-state index in [4.69, 9.17) is 22.7 Å². The summed E-state index contributed by atoms with van der Waals surface area (Å²) in [6, 6.07) is 7.35. The number of pyridine rings is 1. The first-order valence-electron chi connectivity index (χ1n) is 6.67. The summed E-state index contributed by atoms with van der Waals surface area (Å²) >= 11 is 5.99. The molecule has 2 rings (SSSR count). The van der Waals surface area contributed by atoms with E-state index in [0.29, 0.717) is 5.56 Å². The van der Waals surface area contributed by atoms with Gasteiger partial charge in [-0.2, -0.15) is 0 Å². The van der Waals surface area contributed by atoms with Gasteiger partial charge < -0.3 is 10.3 Å². The number of hydrogen-bond donors (Lipinski definition) is 2. The number of benzene rings is 1. The molecule has 0 fully saturated rings. The summed E-state index contributed by atoms with van der Waals surface area (Å²) in [5, 5.41) is 8.38. The van der Waals surface area contributed by atoms with Gasteiger partial charge in [-0.25, -0.2) is 8.42 Å². The Balaban J connectivity index is 0.00000288. The molecule has 130 valence electrons.